The van der Waals surface area contributed by atoms with Crippen molar-refractivity contribution in [1.82, 2.24) is 30.1 Å². The Balaban J connectivity index is 1.52. The number of benzene rings is 1. The maximum Gasteiger partial charge on any atom is 0.309 e. The van der Waals surface area contributed by atoms with Gasteiger partial charge in [-0.3, -0.25) is 14.5 Å². The standard InChI is InChI=1S/C25H32N6O5/c1-3-35-25(33)16-8-10-30(11-9-16)22(23-27-28-29-31(23)15-19-5-4-12-36-19)20-14-17-13-18(34-2)6-7-21(17)26-24(20)32/h6-7,13-14,16,19,22H,3-5,8-12,15H2,1-2H3,(H,26,32)/t19-,22-/m1/s1. The maximum atomic E-state index is 13.4. The zero-order chi connectivity index (χ0) is 25.1. The van der Waals surface area contributed by atoms with Crippen LogP contribution in [0.5, 0.6) is 5.75 Å². The molecule has 0 unspecified atom stereocenters. The van der Waals surface area contributed by atoms with Gasteiger partial charge in [0, 0.05) is 36.2 Å². The van der Waals surface area contributed by atoms with Crippen molar-refractivity contribution in [3.05, 3.63) is 46.0 Å². The number of rotatable bonds is 8. The van der Waals surface area contributed by atoms with Gasteiger partial charge in [-0.05, 0) is 67.3 Å². The summed E-state index contributed by atoms with van der Waals surface area (Å²) >= 11 is 0. The van der Waals surface area contributed by atoms with Gasteiger partial charge in [0.1, 0.15) is 11.8 Å². The van der Waals surface area contributed by atoms with E-state index in [2.05, 4.69) is 25.4 Å². The summed E-state index contributed by atoms with van der Waals surface area (Å²) in [5.41, 5.74) is 1.08. The first-order chi connectivity index (χ1) is 17.6. The van der Waals surface area contributed by atoms with Crippen LogP contribution in [0, 0.1) is 5.92 Å². The van der Waals surface area contributed by atoms with Crippen LogP contribution >= 0.6 is 0 Å². The number of carbonyl (C=O) groups excluding carboxylic acids is 1. The van der Waals surface area contributed by atoms with Crippen molar-refractivity contribution in [3.63, 3.8) is 0 Å². The second kappa shape index (κ2) is 10.8. The van der Waals surface area contributed by atoms with E-state index in [0.717, 1.165) is 30.4 Å². The van der Waals surface area contributed by atoms with Gasteiger partial charge in [-0.25, -0.2) is 4.68 Å². The molecule has 2 atom stereocenters. The normalized spacial score (nSPS) is 20.0. The third-order valence-electron chi connectivity index (χ3n) is 7.09. The van der Waals surface area contributed by atoms with E-state index in [1.165, 1.54) is 0 Å². The van der Waals surface area contributed by atoms with E-state index in [1.807, 2.05) is 31.2 Å². The lowest BCUT2D eigenvalue weighted by Crippen LogP contribution is -2.42. The fourth-order valence-corrected chi connectivity index (χ4v) is 5.20. The van der Waals surface area contributed by atoms with E-state index < -0.39 is 6.04 Å². The summed E-state index contributed by atoms with van der Waals surface area (Å²) in [6, 6.07) is 6.96. The molecule has 5 rings (SSSR count). The van der Waals surface area contributed by atoms with Crippen LogP contribution in [0.15, 0.2) is 29.1 Å². The number of likely N-dealkylation sites (tertiary alicyclic amines) is 1. The third-order valence-corrected chi connectivity index (χ3v) is 7.09. The zero-order valence-corrected chi connectivity index (χ0v) is 20.7. The van der Waals surface area contributed by atoms with Crippen LogP contribution in [0.4, 0.5) is 0 Å². The average Bonchev–Trinajstić information content (AvgIpc) is 3.58. The Bertz CT molecular complexity index is 1260. The molecule has 192 valence electrons. The van der Waals surface area contributed by atoms with Crippen molar-refractivity contribution in [1.29, 1.82) is 0 Å². The lowest BCUT2D eigenvalue weighted by molar-refractivity contribution is -0.149. The van der Waals surface area contributed by atoms with Crippen LogP contribution in [-0.2, 0) is 20.8 Å². The lowest BCUT2D eigenvalue weighted by atomic mass is 9.94. The van der Waals surface area contributed by atoms with Gasteiger partial charge in [-0.2, -0.15) is 0 Å². The summed E-state index contributed by atoms with van der Waals surface area (Å²) < 4.78 is 18.2. The Kier molecular flexibility index (Phi) is 7.28. The second-order valence-electron chi connectivity index (χ2n) is 9.33. The van der Waals surface area contributed by atoms with E-state index >= 15 is 0 Å². The third kappa shape index (κ3) is 4.98. The number of nitrogens with zero attached hydrogens (tertiary/aromatic N) is 5. The zero-order valence-electron chi connectivity index (χ0n) is 20.7. The molecule has 0 radical (unpaired) electrons. The van der Waals surface area contributed by atoms with Crippen LogP contribution in [-0.4, -0.2) is 75.6 Å². The molecule has 1 N–H and O–H groups in total. The number of fused-ring (bicyclic) bond motifs is 1. The van der Waals surface area contributed by atoms with E-state index in [0.29, 0.717) is 56.2 Å². The highest BCUT2D eigenvalue weighted by molar-refractivity contribution is 5.80. The second-order valence-corrected chi connectivity index (χ2v) is 9.33. The molecule has 2 fully saturated rings. The molecule has 0 aliphatic carbocycles. The number of methoxy groups -OCH3 is 1. The first-order valence-electron chi connectivity index (χ1n) is 12.6. The maximum absolute atomic E-state index is 13.4. The van der Waals surface area contributed by atoms with Crippen molar-refractivity contribution in [2.75, 3.05) is 33.4 Å². The number of pyridine rings is 1. The quantitative estimate of drug-likeness (QED) is 0.467. The molecule has 0 saturated carbocycles. The number of H-pyrrole nitrogens is 1. The summed E-state index contributed by atoms with van der Waals surface area (Å²) in [4.78, 5) is 30.9. The minimum absolute atomic E-state index is 0.0431. The van der Waals surface area contributed by atoms with E-state index in [9.17, 15) is 9.59 Å². The summed E-state index contributed by atoms with van der Waals surface area (Å²) in [6.07, 6.45) is 3.29. The first kappa shape index (κ1) is 24.4. The fraction of sp³-hybridized carbons (Fsp3) is 0.560. The van der Waals surface area contributed by atoms with Crippen molar-refractivity contribution in [2.24, 2.45) is 5.92 Å². The molecular weight excluding hydrogens is 464 g/mol. The summed E-state index contributed by atoms with van der Waals surface area (Å²) in [7, 11) is 1.61. The molecule has 2 aliphatic rings. The Labute approximate surface area is 208 Å². The number of nitrogens with one attached hydrogen (secondary N) is 1. The van der Waals surface area contributed by atoms with Crippen molar-refractivity contribution in [3.8, 4) is 5.75 Å². The molecule has 2 aliphatic heterocycles. The highest BCUT2D eigenvalue weighted by atomic mass is 16.5. The number of esters is 1. The summed E-state index contributed by atoms with van der Waals surface area (Å²) in [5, 5.41) is 13.5. The number of piperidine rings is 1. The molecule has 11 heteroatoms. The Morgan fingerprint density at radius 1 is 1.25 bits per heavy atom. The molecule has 1 aromatic carbocycles. The van der Waals surface area contributed by atoms with Gasteiger partial charge < -0.3 is 19.2 Å². The van der Waals surface area contributed by atoms with Crippen molar-refractivity contribution < 1.29 is 19.0 Å². The minimum Gasteiger partial charge on any atom is -0.497 e. The van der Waals surface area contributed by atoms with Gasteiger partial charge in [0.05, 0.1) is 32.3 Å². The average molecular weight is 497 g/mol. The first-order valence-corrected chi connectivity index (χ1v) is 12.6. The van der Waals surface area contributed by atoms with E-state index in [1.54, 1.807) is 11.8 Å². The number of hydrogen-bond acceptors (Lipinski definition) is 9. The number of hydrogen-bond donors (Lipinski definition) is 1. The number of tetrazole rings is 1. The molecule has 0 spiro atoms. The number of aromatic nitrogens is 5. The number of carbonyl (C=O) groups is 1. The Hall–Kier alpha value is -3.31. The molecule has 11 nitrogen and oxygen atoms in total. The molecule has 2 saturated heterocycles. The highest BCUT2D eigenvalue weighted by Gasteiger charge is 2.35. The predicted molar refractivity (Wildman–Crippen MR) is 131 cm³/mol. The minimum atomic E-state index is -0.483. The van der Waals surface area contributed by atoms with Gasteiger partial charge in [-0.15, -0.1) is 5.10 Å². The van der Waals surface area contributed by atoms with E-state index in [4.69, 9.17) is 14.2 Å². The van der Waals surface area contributed by atoms with Crippen LogP contribution in [0.3, 0.4) is 0 Å². The number of aromatic amines is 1. The molecule has 3 aromatic rings. The van der Waals surface area contributed by atoms with Crippen LogP contribution in [0.1, 0.15) is 50.0 Å². The molecule has 4 heterocycles. The SMILES string of the molecule is CCOC(=O)C1CCN([C@H](c2cc3cc(OC)ccc3[nH]c2=O)c2nnnn2C[C@H]2CCCO2)CC1. The van der Waals surface area contributed by atoms with Gasteiger partial charge in [0.2, 0.25) is 0 Å². The topological polar surface area (TPSA) is 124 Å². The Morgan fingerprint density at radius 2 is 2.08 bits per heavy atom. The predicted octanol–water partition coefficient (Wildman–Crippen LogP) is 2.07. The largest absolute Gasteiger partial charge is 0.497 e. The molecular formula is C25H32N6O5. The molecule has 0 bridgehead atoms. The fourth-order valence-electron chi connectivity index (χ4n) is 5.20. The van der Waals surface area contributed by atoms with Gasteiger partial charge in [0.15, 0.2) is 5.82 Å². The molecule has 2 aromatic heterocycles. The molecule has 0 amide bonds. The van der Waals surface area contributed by atoms with Crippen molar-refractivity contribution in [2.45, 2.75) is 51.3 Å². The van der Waals surface area contributed by atoms with Gasteiger partial charge in [-0.1, -0.05) is 0 Å². The summed E-state index contributed by atoms with van der Waals surface area (Å²) in [5.74, 6) is 0.986. The number of ether oxygens (including phenoxy) is 3. The van der Waals surface area contributed by atoms with Crippen molar-refractivity contribution >= 4 is 16.9 Å². The van der Waals surface area contributed by atoms with E-state index in [-0.39, 0.29) is 23.6 Å². The van der Waals surface area contributed by atoms with Gasteiger partial charge in [0.25, 0.3) is 5.56 Å². The highest BCUT2D eigenvalue weighted by Crippen LogP contribution is 2.32. The van der Waals surface area contributed by atoms with Gasteiger partial charge >= 0.3 is 5.97 Å². The van der Waals surface area contributed by atoms with Crippen LogP contribution < -0.4 is 10.3 Å². The smallest absolute Gasteiger partial charge is 0.309 e. The lowest BCUT2D eigenvalue weighted by Gasteiger charge is -2.36. The monoisotopic (exact) mass is 496 g/mol. The van der Waals surface area contributed by atoms with Crippen LogP contribution in [0.2, 0.25) is 0 Å². The van der Waals surface area contributed by atoms with Crippen LogP contribution in [0.25, 0.3) is 10.9 Å². The molecule has 36 heavy (non-hydrogen) atoms. The Morgan fingerprint density at radius 3 is 2.81 bits per heavy atom. The summed E-state index contributed by atoms with van der Waals surface area (Å²) in [6.45, 7) is 4.66.